The zero-order valence-corrected chi connectivity index (χ0v) is 17.1. The summed E-state index contributed by atoms with van der Waals surface area (Å²) in [6.07, 6.45) is 1.57. The number of hydrogen-bond donors (Lipinski definition) is 1. The van der Waals surface area contributed by atoms with Crippen molar-refractivity contribution < 1.29 is 9.53 Å². The fourth-order valence-corrected chi connectivity index (χ4v) is 4.02. The van der Waals surface area contributed by atoms with Crippen LogP contribution in [-0.4, -0.2) is 50.1 Å². The molecule has 0 aliphatic carbocycles. The molecule has 0 spiro atoms. The van der Waals surface area contributed by atoms with Crippen LogP contribution in [0.3, 0.4) is 0 Å². The van der Waals surface area contributed by atoms with Gasteiger partial charge in [0.1, 0.15) is 0 Å². The van der Waals surface area contributed by atoms with Crippen LogP contribution in [0.4, 0.5) is 0 Å². The molecule has 0 saturated carbocycles. The first-order chi connectivity index (χ1) is 12.5. The smallest absolute Gasteiger partial charge is 0.309 e. The van der Waals surface area contributed by atoms with Crippen LogP contribution < -0.4 is 5.32 Å². The van der Waals surface area contributed by atoms with E-state index in [0.29, 0.717) is 23.2 Å². The van der Waals surface area contributed by atoms with E-state index in [1.54, 1.807) is 7.05 Å². The van der Waals surface area contributed by atoms with Gasteiger partial charge in [0.2, 0.25) is 0 Å². The zero-order valence-electron chi connectivity index (χ0n) is 15.6. The maximum absolute atomic E-state index is 11.9. The van der Waals surface area contributed by atoms with E-state index in [4.69, 9.17) is 27.9 Å². The number of esters is 1. The summed E-state index contributed by atoms with van der Waals surface area (Å²) < 4.78 is 5.13. The summed E-state index contributed by atoms with van der Waals surface area (Å²) >= 11 is 12.6. The van der Waals surface area contributed by atoms with Crippen LogP contribution >= 0.6 is 23.2 Å². The first kappa shape index (κ1) is 20.8. The lowest BCUT2D eigenvalue weighted by molar-refractivity contribution is -0.149. The first-order valence-electron chi connectivity index (χ1n) is 9.04. The third-order valence-corrected chi connectivity index (χ3v) is 5.34. The number of carbonyl (C=O) groups excluding carboxylic acids is 1. The van der Waals surface area contributed by atoms with E-state index in [0.717, 1.165) is 37.5 Å². The summed E-state index contributed by atoms with van der Waals surface area (Å²) in [6, 6.07) is 5.56. The van der Waals surface area contributed by atoms with Gasteiger partial charge in [0.25, 0.3) is 0 Å². The van der Waals surface area contributed by atoms with Gasteiger partial charge in [-0.2, -0.15) is 0 Å². The summed E-state index contributed by atoms with van der Waals surface area (Å²) in [5, 5.41) is 4.76. The molecule has 1 heterocycles. The van der Waals surface area contributed by atoms with Crippen molar-refractivity contribution >= 4 is 35.1 Å². The third-order valence-electron chi connectivity index (χ3n) is 4.69. The van der Waals surface area contributed by atoms with Crippen LogP contribution in [-0.2, 0) is 9.53 Å². The van der Waals surface area contributed by atoms with Gasteiger partial charge in [0, 0.05) is 42.6 Å². The number of guanidine groups is 1. The SMILES string of the molecule is CCOC(=O)C1CCN(C(=NC)NCC(C)c2c(Cl)cccc2Cl)CC1. The monoisotopic (exact) mass is 399 g/mol. The molecule has 1 aliphatic rings. The van der Waals surface area contributed by atoms with Gasteiger partial charge in [-0.1, -0.05) is 36.2 Å². The fraction of sp³-hybridized carbons (Fsp3) is 0.579. The minimum atomic E-state index is -0.0860. The minimum Gasteiger partial charge on any atom is -0.466 e. The van der Waals surface area contributed by atoms with Crippen molar-refractivity contribution in [1.82, 2.24) is 10.2 Å². The van der Waals surface area contributed by atoms with E-state index in [1.807, 2.05) is 25.1 Å². The molecule has 1 atom stereocenters. The Bertz CT molecular complexity index is 623. The summed E-state index contributed by atoms with van der Waals surface area (Å²) in [5.74, 6) is 0.884. The van der Waals surface area contributed by atoms with Gasteiger partial charge in [-0.3, -0.25) is 9.79 Å². The number of rotatable bonds is 5. The second-order valence-electron chi connectivity index (χ2n) is 6.48. The summed E-state index contributed by atoms with van der Waals surface area (Å²) in [7, 11) is 1.77. The largest absolute Gasteiger partial charge is 0.466 e. The Balaban J connectivity index is 1.90. The van der Waals surface area contributed by atoms with Gasteiger partial charge in [-0.15, -0.1) is 0 Å². The molecule has 1 N–H and O–H groups in total. The summed E-state index contributed by atoms with van der Waals surface area (Å²) in [5.41, 5.74) is 0.944. The lowest BCUT2D eigenvalue weighted by Crippen LogP contribution is -2.47. The highest BCUT2D eigenvalue weighted by Crippen LogP contribution is 2.31. The summed E-state index contributed by atoms with van der Waals surface area (Å²) in [6.45, 7) is 6.60. The number of carbonyl (C=O) groups is 1. The van der Waals surface area contributed by atoms with Crippen LogP contribution in [0.25, 0.3) is 0 Å². The Morgan fingerprint density at radius 3 is 2.50 bits per heavy atom. The molecule has 1 fully saturated rings. The molecule has 1 saturated heterocycles. The maximum atomic E-state index is 11.9. The number of nitrogens with one attached hydrogen (secondary N) is 1. The van der Waals surface area contributed by atoms with Crippen LogP contribution in [0, 0.1) is 5.92 Å². The maximum Gasteiger partial charge on any atom is 0.309 e. The number of benzene rings is 1. The standard InChI is InChI=1S/C19H27Cl2N3O2/c1-4-26-18(25)14-8-10-24(11-9-14)19(22-3)23-12-13(2)17-15(20)6-5-7-16(17)21/h5-7,13-14H,4,8-12H2,1-3H3,(H,22,23). The highest BCUT2D eigenvalue weighted by Gasteiger charge is 2.27. The van der Waals surface area contributed by atoms with Crippen LogP contribution in [0.5, 0.6) is 0 Å². The molecule has 0 bridgehead atoms. The van der Waals surface area contributed by atoms with Crippen molar-refractivity contribution in [3.63, 3.8) is 0 Å². The fourth-order valence-electron chi connectivity index (χ4n) is 3.25. The Morgan fingerprint density at radius 2 is 1.96 bits per heavy atom. The number of ether oxygens (including phenoxy) is 1. The number of piperidine rings is 1. The van der Waals surface area contributed by atoms with Crippen molar-refractivity contribution in [1.29, 1.82) is 0 Å². The Kier molecular flexibility index (Phi) is 8.04. The third kappa shape index (κ3) is 5.27. The van der Waals surface area contributed by atoms with Crippen molar-refractivity contribution in [3.8, 4) is 0 Å². The highest BCUT2D eigenvalue weighted by molar-refractivity contribution is 6.36. The van der Waals surface area contributed by atoms with Crippen molar-refractivity contribution in [2.24, 2.45) is 10.9 Å². The van der Waals surface area contributed by atoms with Crippen LogP contribution in [0.1, 0.15) is 38.2 Å². The molecule has 26 heavy (non-hydrogen) atoms. The molecule has 144 valence electrons. The number of likely N-dealkylation sites (tertiary alicyclic amines) is 1. The molecular formula is C19H27Cl2N3O2. The van der Waals surface area contributed by atoms with Gasteiger partial charge in [-0.05, 0) is 37.5 Å². The van der Waals surface area contributed by atoms with Crippen molar-refractivity contribution in [2.75, 3.05) is 33.3 Å². The Labute approximate surface area is 165 Å². The molecule has 2 rings (SSSR count). The molecule has 7 heteroatoms. The number of hydrogen-bond acceptors (Lipinski definition) is 3. The molecule has 1 aromatic carbocycles. The average Bonchev–Trinajstić information content (AvgIpc) is 2.63. The van der Waals surface area contributed by atoms with E-state index < -0.39 is 0 Å². The molecule has 0 radical (unpaired) electrons. The minimum absolute atomic E-state index is 0.00911. The lowest BCUT2D eigenvalue weighted by atomic mass is 9.97. The van der Waals surface area contributed by atoms with Gasteiger partial charge in [0.15, 0.2) is 5.96 Å². The molecule has 5 nitrogen and oxygen atoms in total. The van der Waals surface area contributed by atoms with E-state index in [-0.39, 0.29) is 17.8 Å². The van der Waals surface area contributed by atoms with Crippen LogP contribution in [0.15, 0.2) is 23.2 Å². The topological polar surface area (TPSA) is 53.9 Å². The molecule has 0 aromatic heterocycles. The zero-order chi connectivity index (χ0) is 19.1. The average molecular weight is 400 g/mol. The molecule has 1 aromatic rings. The van der Waals surface area contributed by atoms with E-state index in [1.165, 1.54) is 0 Å². The van der Waals surface area contributed by atoms with Crippen molar-refractivity contribution in [3.05, 3.63) is 33.8 Å². The number of aliphatic imine (C=N–C) groups is 1. The van der Waals surface area contributed by atoms with E-state index >= 15 is 0 Å². The van der Waals surface area contributed by atoms with Crippen molar-refractivity contribution in [2.45, 2.75) is 32.6 Å². The van der Waals surface area contributed by atoms with Gasteiger partial charge >= 0.3 is 5.97 Å². The predicted octanol–water partition coefficient (Wildman–Crippen LogP) is 3.95. The molecule has 1 unspecified atom stereocenters. The predicted molar refractivity (Wildman–Crippen MR) is 107 cm³/mol. The highest BCUT2D eigenvalue weighted by atomic mass is 35.5. The number of nitrogens with zero attached hydrogens (tertiary/aromatic N) is 2. The normalized spacial score (nSPS) is 17.1. The van der Waals surface area contributed by atoms with E-state index in [9.17, 15) is 4.79 Å². The first-order valence-corrected chi connectivity index (χ1v) is 9.79. The Morgan fingerprint density at radius 1 is 1.35 bits per heavy atom. The quantitative estimate of drug-likeness (QED) is 0.462. The Hall–Kier alpha value is -1.46. The number of halogens is 2. The molecular weight excluding hydrogens is 373 g/mol. The van der Waals surface area contributed by atoms with Gasteiger partial charge < -0.3 is 15.0 Å². The van der Waals surface area contributed by atoms with Gasteiger partial charge in [-0.25, -0.2) is 0 Å². The summed E-state index contributed by atoms with van der Waals surface area (Å²) in [4.78, 5) is 18.4. The lowest BCUT2D eigenvalue weighted by Gasteiger charge is -2.33. The second kappa shape index (κ2) is 10.0. The molecule has 0 amide bonds. The molecule has 1 aliphatic heterocycles. The van der Waals surface area contributed by atoms with Crippen LogP contribution in [0.2, 0.25) is 10.0 Å². The van der Waals surface area contributed by atoms with E-state index in [2.05, 4.69) is 22.1 Å². The second-order valence-corrected chi connectivity index (χ2v) is 7.29. The van der Waals surface area contributed by atoms with Gasteiger partial charge in [0.05, 0.1) is 12.5 Å².